The fourth-order valence-electron chi connectivity index (χ4n) is 2.02. The predicted octanol–water partition coefficient (Wildman–Crippen LogP) is 2.00. The predicted molar refractivity (Wildman–Crippen MR) is 72.0 cm³/mol. The van der Waals surface area contributed by atoms with Crippen molar-refractivity contribution in [2.75, 3.05) is 19.1 Å². The molecular formula is C13H21NO2S. The van der Waals surface area contributed by atoms with Crippen LogP contribution in [0.15, 0.2) is 18.2 Å². The Balaban J connectivity index is 2.86. The highest BCUT2D eigenvalue weighted by atomic mass is 32.2. The van der Waals surface area contributed by atoms with Crippen molar-refractivity contribution in [3.05, 3.63) is 34.9 Å². The van der Waals surface area contributed by atoms with Crippen molar-refractivity contribution in [3.8, 4) is 0 Å². The Morgan fingerprint density at radius 3 is 2.12 bits per heavy atom. The molecule has 1 atom stereocenters. The second-order valence-corrected chi connectivity index (χ2v) is 6.94. The average Bonchev–Trinajstić information content (AvgIpc) is 2.15. The van der Waals surface area contributed by atoms with Gasteiger partial charge in [0.25, 0.3) is 0 Å². The van der Waals surface area contributed by atoms with Crippen LogP contribution in [0.25, 0.3) is 0 Å². The van der Waals surface area contributed by atoms with Gasteiger partial charge in [0.2, 0.25) is 0 Å². The van der Waals surface area contributed by atoms with Gasteiger partial charge in [0.05, 0.1) is 5.75 Å². The first-order valence-electron chi connectivity index (χ1n) is 5.75. The summed E-state index contributed by atoms with van der Waals surface area (Å²) >= 11 is 0. The molecule has 17 heavy (non-hydrogen) atoms. The minimum atomic E-state index is -2.90. The summed E-state index contributed by atoms with van der Waals surface area (Å²) in [6.45, 7) is 4.11. The lowest BCUT2D eigenvalue weighted by Gasteiger charge is -2.17. The zero-order chi connectivity index (χ0) is 13.1. The number of sulfone groups is 1. The number of nitrogens with one attached hydrogen (secondary N) is 1. The summed E-state index contributed by atoms with van der Waals surface area (Å²) in [6.07, 6.45) is 1.89. The minimum Gasteiger partial charge on any atom is -0.313 e. The maximum absolute atomic E-state index is 11.2. The largest absolute Gasteiger partial charge is 0.313 e. The molecule has 1 aromatic carbocycles. The van der Waals surface area contributed by atoms with Crippen LogP contribution in [0.1, 0.15) is 29.2 Å². The van der Waals surface area contributed by atoms with Crippen LogP contribution in [-0.4, -0.2) is 27.5 Å². The molecule has 1 rings (SSSR count). The molecule has 3 nitrogen and oxygen atoms in total. The molecular weight excluding hydrogens is 234 g/mol. The lowest BCUT2D eigenvalue weighted by Crippen LogP contribution is -2.20. The van der Waals surface area contributed by atoms with Gasteiger partial charge in [-0.05, 0) is 32.9 Å². The van der Waals surface area contributed by atoms with Crippen LogP contribution < -0.4 is 5.32 Å². The van der Waals surface area contributed by atoms with E-state index < -0.39 is 9.84 Å². The summed E-state index contributed by atoms with van der Waals surface area (Å²) in [7, 11) is -1.03. The molecule has 0 aliphatic carbocycles. The maximum atomic E-state index is 11.2. The van der Waals surface area contributed by atoms with E-state index in [2.05, 4.69) is 37.4 Å². The van der Waals surface area contributed by atoms with Gasteiger partial charge in [-0.25, -0.2) is 8.42 Å². The van der Waals surface area contributed by atoms with E-state index >= 15 is 0 Å². The molecule has 0 aliphatic rings. The SMILES string of the molecule is CNC(CCS(C)(=O)=O)c1cc(C)cc(C)c1. The molecule has 0 fully saturated rings. The summed E-state index contributed by atoms with van der Waals surface area (Å²) in [5, 5.41) is 3.18. The Labute approximate surface area is 104 Å². The maximum Gasteiger partial charge on any atom is 0.147 e. The molecule has 4 heteroatoms. The van der Waals surface area contributed by atoms with E-state index in [4.69, 9.17) is 0 Å². The summed E-state index contributed by atoms with van der Waals surface area (Å²) in [5.74, 6) is 0.214. The number of hydrogen-bond acceptors (Lipinski definition) is 3. The smallest absolute Gasteiger partial charge is 0.147 e. The lowest BCUT2D eigenvalue weighted by atomic mass is 10.00. The third-order valence-corrected chi connectivity index (χ3v) is 3.75. The molecule has 1 unspecified atom stereocenters. The number of rotatable bonds is 5. The molecule has 0 aliphatic heterocycles. The third-order valence-electron chi connectivity index (χ3n) is 2.77. The van der Waals surface area contributed by atoms with Crippen LogP contribution in [0, 0.1) is 13.8 Å². The van der Waals surface area contributed by atoms with Gasteiger partial charge in [-0.3, -0.25) is 0 Å². The lowest BCUT2D eigenvalue weighted by molar-refractivity contribution is 0.558. The van der Waals surface area contributed by atoms with Gasteiger partial charge in [0, 0.05) is 12.3 Å². The normalized spacial score (nSPS) is 13.6. The summed E-state index contributed by atoms with van der Waals surface area (Å²) in [4.78, 5) is 0. The Morgan fingerprint density at radius 2 is 1.71 bits per heavy atom. The topological polar surface area (TPSA) is 46.2 Å². The quantitative estimate of drug-likeness (QED) is 0.875. The van der Waals surface area contributed by atoms with Crippen molar-refractivity contribution in [2.45, 2.75) is 26.3 Å². The Bertz CT molecular complexity index is 460. The Hall–Kier alpha value is -0.870. The highest BCUT2D eigenvalue weighted by molar-refractivity contribution is 7.90. The van der Waals surface area contributed by atoms with E-state index in [1.807, 2.05) is 7.05 Å². The van der Waals surface area contributed by atoms with Crippen LogP contribution >= 0.6 is 0 Å². The minimum absolute atomic E-state index is 0.100. The van der Waals surface area contributed by atoms with Gasteiger partial charge in [-0.1, -0.05) is 29.3 Å². The molecule has 0 amide bonds. The first-order chi connectivity index (χ1) is 7.81. The second-order valence-electron chi connectivity index (χ2n) is 4.68. The molecule has 0 saturated carbocycles. The summed E-state index contributed by atoms with van der Waals surface area (Å²) in [5.41, 5.74) is 3.58. The van der Waals surface area contributed by atoms with Crippen molar-refractivity contribution in [2.24, 2.45) is 0 Å². The molecule has 0 spiro atoms. The molecule has 0 radical (unpaired) electrons. The zero-order valence-corrected chi connectivity index (χ0v) is 11.8. The van der Waals surface area contributed by atoms with Crippen molar-refractivity contribution >= 4 is 9.84 Å². The van der Waals surface area contributed by atoms with Gasteiger partial charge in [-0.2, -0.15) is 0 Å². The average molecular weight is 255 g/mol. The Morgan fingerprint density at radius 1 is 1.18 bits per heavy atom. The van der Waals surface area contributed by atoms with Crippen molar-refractivity contribution in [1.29, 1.82) is 0 Å². The fourth-order valence-corrected chi connectivity index (χ4v) is 2.68. The first-order valence-corrected chi connectivity index (χ1v) is 7.81. The molecule has 0 aromatic heterocycles. The van der Waals surface area contributed by atoms with Crippen molar-refractivity contribution < 1.29 is 8.42 Å². The second kappa shape index (κ2) is 5.65. The number of benzene rings is 1. The van der Waals surface area contributed by atoms with E-state index in [9.17, 15) is 8.42 Å². The van der Waals surface area contributed by atoms with Crippen molar-refractivity contribution in [3.63, 3.8) is 0 Å². The zero-order valence-electron chi connectivity index (χ0n) is 10.9. The highest BCUT2D eigenvalue weighted by Crippen LogP contribution is 2.20. The molecule has 1 aromatic rings. The molecule has 1 N–H and O–H groups in total. The first kappa shape index (κ1) is 14.2. The summed E-state index contributed by atoms with van der Waals surface area (Å²) in [6, 6.07) is 6.43. The van der Waals surface area contributed by atoms with Gasteiger partial charge in [-0.15, -0.1) is 0 Å². The monoisotopic (exact) mass is 255 g/mol. The number of hydrogen-bond donors (Lipinski definition) is 1. The van der Waals surface area contributed by atoms with E-state index in [0.717, 1.165) is 5.56 Å². The van der Waals surface area contributed by atoms with Crippen LogP contribution in [0.3, 0.4) is 0 Å². The van der Waals surface area contributed by atoms with Gasteiger partial charge in [0.15, 0.2) is 0 Å². The van der Waals surface area contributed by atoms with E-state index in [1.165, 1.54) is 17.4 Å². The van der Waals surface area contributed by atoms with Crippen LogP contribution in [-0.2, 0) is 9.84 Å². The van der Waals surface area contributed by atoms with Gasteiger partial charge >= 0.3 is 0 Å². The number of aryl methyl sites for hydroxylation is 2. The van der Waals surface area contributed by atoms with Crippen LogP contribution in [0.5, 0.6) is 0 Å². The molecule has 0 bridgehead atoms. The van der Waals surface area contributed by atoms with Gasteiger partial charge in [0.1, 0.15) is 9.84 Å². The van der Waals surface area contributed by atoms with Gasteiger partial charge < -0.3 is 5.32 Å². The van der Waals surface area contributed by atoms with E-state index in [0.29, 0.717) is 6.42 Å². The third kappa shape index (κ3) is 4.88. The van der Waals surface area contributed by atoms with Crippen molar-refractivity contribution in [1.82, 2.24) is 5.32 Å². The fraction of sp³-hybridized carbons (Fsp3) is 0.538. The standard InChI is InChI=1S/C13H21NO2S/c1-10-7-11(2)9-12(8-10)13(14-3)5-6-17(4,15)16/h7-9,13-14H,5-6H2,1-4H3. The van der Waals surface area contributed by atoms with E-state index in [1.54, 1.807) is 0 Å². The highest BCUT2D eigenvalue weighted by Gasteiger charge is 2.13. The summed E-state index contributed by atoms with van der Waals surface area (Å²) < 4.78 is 22.4. The molecule has 0 saturated heterocycles. The Kier molecular flexibility index (Phi) is 4.71. The van der Waals surface area contributed by atoms with Crippen LogP contribution in [0.2, 0.25) is 0 Å². The van der Waals surface area contributed by atoms with E-state index in [-0.39, 0.29) is 11.8 Å². The van der Waals surface area contributed by atoms with Crippen LogP contribution in [0.4, 0.5) is 0 Å². The molecule has 0 heterocycles. The molecule has 96 valence electrons.